The first kappa shape index (κ1) is 13.2. The predicted octanol–water partition coefficient (Wildman–Crippen LogP) is 3.30. The summed E-state index contributed by atoms with van der Waals surface area (Å²) in [6, 6.07) is 2.13. The van der Waals surface area contributed by atoms with Gasteiger partial charge in [0.2, 0.25) is 0 Å². The van der Waals surface area contributed by atoms with E-state index in [4.69, 9.17) is 9.79 Å². The van der Waals surface area contributed by atoms with Crippen molar-refractivity contribution >= 4 is 14.0 Å². The van der Waals surface area contributed by atoms with Crippen molar-refractivity contribution in [2.45, 2.75) is 52.2 Å². The molecule has 0 spiro atoms. The SMILES string of the molecule is CCC(CCCC#N)=NO[Si](C)(C)C. The smallest absolute Gasteiger partial charge is 0.278 e. The maximum Gasteiger partial charge on any atom is 0.278 e. The molecule has 0 aliphatic carbocycles. The van der Waals surface area contributed by atoms with E-state index < -0.39 is 8.32 Å². The van der Waals surface area contributed by atoms with E-state index in [1.54, 1.807) is 0 Å². The molecule has 0 atom stereocenters. The van der Waals surface area contributed by atoms with E-state index in [-0.39, 0.29) is 0 Å². The Labute approximate surface area is 87.9 Å². The summed E-state index contributed by atoms with van der Waals surface area (Å²) in [6.07, 6.45) is 3.29. The van der Waals surface area contributed by atoms with Gasteiger partial charge < -0.3 is 4.53 Å². The van der Waals surface area contributed by atoms with Crippen LogP contribution in [0, 0.1) is 11.3 Å². The molecule has 0 radical (unpaired) electrons. The second-order valence-corrected chi connectivity index (χ2v) is 8.63. The molecule has 80 valence electrons. The largest absolute Gasteiger partial charge is 0.456 e. The molecule has 0 heterocycles. The van der Waals surface area contributed by atoms with Crippen LogP contribution in [-0.2, 0) is 4.53 Å². The summed E-state index contributed by atoms with van der Waals surface area (Å²) in [5, 5.41) is 12.6. The molecule has 0 amide bonds. The maximum atomic E-state index is 8.40. The highest BCUT2D eigenvalue weighted by atomic mass is 28.4. The number of hydrogen-bond acceptors (Lipinski definition) is 3. The van der Waals surface area contributed by atoms with Crippen LogP contribution in [0.5, 0.6) is 0 Å². The van der Waals surface area contributed by atoms with Crippen molar-refractivity contribution < 1.29 is 4.53 Å². The zero-order valence-corrected chi connectivity index (χ0v) is 10.6. The number of rotatable bonds is 6. The minimum absolute atomic E-state index is 0.603. The third kappa shape index (κ3) is 7.81. The van der Waals surface area contributed by atoms with E-state index in [0.29, 0.717) is 6.42 Å². The molecule has 0 fully saturated rings. The van der Waals surface area contributed by atoms with Gasteiger partial charge in [0.15, 0.2) is 0 Å². The van der Waals surface area contributed by atoms with Crippen LogP contribution in [0.1, 0.15) is 32.6 Å². The minimum atomic E-state index is -1.54. The van der Waals surface area contributed by atoms with E-state index >= 15 is 0 Å². The van der Waals surface area contributed by atoms with Crippen molar-refractivity contribution in [3.63, 3.8) is 0 Å². The highest BCUT2D eigenvalue weighted by Gasteiger charge is 2.15. The van der Waals surface area contributed by atoms with E-state index in [1.807, 2.05) is 0 Å². The van der Waals surface area contributed by atoms with Crippen LogP contribution in [0.4, 0.5) is 0 Å². The van der Waals surface area contributed by atoms with Crippen LogP contribution in [0.3, 0.4) is 0 Å². The summed E-state index contributed by atoms with van der Waals surface area (Å²) in [6.45, 7) is 8.40. The molecule has 0 rings (SSSR count). The van der Waals surface area contributed by atoms with E-state index in [1.165, 1.54) is 0 Å². The normalized spacial score (nSPS) is 12.4. The Bertz CT molecular complexity index is 225. The van der Waals surface area contributed by atoms with Crippen molar-refractivity contribution in [3.8, 4) is 6.07 Å². The maximum absolute atomic E-state index is 8.40. The van der Waals surface area contributed by atoms with E-state index in [9.17, 15) is 0 Å². The second-order valence-electron chi connectivity index (χ2n) is 4.23. The molecule has 0 aliphatic heterocycles. The average Bonchev–Trinajstić information content (AvgIpc) is 2.09. The van der Waals surface area contributed by atoms with Crippen LogP contribution >= 0.6 is 0 Å². The highest BCUT2D eigenvalue weighted by Crippen LogP contribution is 2.06. The van der Waals surface area contributed by atoms with Gasteiger partial charge >= 0.3 is 0 Å². The molecule has 0 aromatic rings. The molecule has 0 bridgehead atoms. The highest BCUT2D eigenvalue weighted by molar-refractivity contribution is 6.69. The minimum Gasteiger partial charge on any atom is -0.456 e. The van der Waals surface area contributed by atoms with Gasteiger partial charge in [-0.1, -0.05) is 6.92 Å². The summed E-state index contributed by atoms with van der Waals surface area (Å²) in [4.78, 5) is 0. The van der Waals surface area contributed by atoms with Crippen molar-refractivity contribution in [1.82, 2.24) is 0 Å². The van der Waals surface area contributed by atoms with Crippen molar-refractivity contribution in [2.24, 2.45) is 5.16 Å². The Balaban J connectivity index is 3.94. The summed E-state index contributed by atoms with van der Waals surface area (Å²) in [5.74, 6) is 0. The third-order valence-electron chi connectivity index (χ3n) is 1.61. The lowest BCUT2D eigenvalue weighted by Crippen LogP contribution is -2.23. The number of nitrogens with zero attached hydrogens (tertiary/aromatic N) is 2. The lowest BCUT2D eigenvalue weighted by molar-refractivity contribution is 0.332. The fourth-order valence-corrected chi connectivity index (χ4v) is 1.26. The average molecular weight is 212 g/mol. The molecule has 0 aromatic carbocycles. The first-order valence-corrected chi connectivity index (χ1v) is 8.51. The number of unbranched alkanes of at least 4 members (excludes halogenated alkanes) is 1. The van der Waals surface area contributed by atoms with Gasteiger partial charge in [-0.15, -0.1) is 5.16 Å². The van der Waals surface area contributed by atoms with Crippen molar-refractivity contribution in [1.29, 1.82) is 5.26 Å². The van der Waals surface area contributed by atoms with Crippen LogP contribution in [0.25, 0.3) is 0 Å². The number of nitriles is 1. The molecule has 14 heavy (non-hydrogen) atoms. The van der Waals surface area contributed by atoms with Gasteiger partial charge in [-0.2, -0.15) is 5.26 Å². The lowest BCUT2D eigenvalue weighted by Gasteiger charge is -2.14. The Kier molecular flexibility index (Phi) is 6.22. The number of oxime groups is 1. The van der Waals surface area contributed by atoms with Crippen molar-refractivity contribution in [3.05, 3.63) is 0 Å². The van der Waals surface area contributed by atoms with Gasteiger partial charge in [-0.25, -0.2) is 0 Å². The Morgan fingerprint density at radius 1 is 1.43 bits per heavy atom. The molecule has 0 unspecified atom stereocenters. The molecule has 0 aliphatic rings. The van der Waals surface area contributed by atoms with Gasteiger partial charge in [0.05, 0.1) is 11.8 Å². The Morgan fingerprint density at radius 3 is 2.50 bits per heavy atom. The molecular formula is C10H20N2OSi. The molecular weight excluding hydrogens is 192 g/mol. The van der Waals surface area contributed by atoms with Gasteiger partial charge in [0, 0.05) is 6.42 Å². The number of hydrogen-bond donors (Lipinski definition) is 0. The standard InChI is InChI=1S/C10H20N2OSi/c1-5-10(8-6-7-9-11)12-13-14(2,3)4/h5-8H2,1-4H3. The molecule has 0 saturated heterocycles. The molecule has 3 nitrogen and oxygen atoms in total. The molecule has 0 N–H and O–H groups in total. The lowest BCUT2D eigenvalue weighted by atomic mass is 10.1. The van der Waals surface area contributed by atoms with Crippen LogP contribution in [0.2, 0.25) is 19.6 Å². The zero-order valence-electron chi connectivity index (χ0n) is 9.63. The van der Waals surface area contributed by atoms with Crippen LogP contribution in [0.15, 0.2) is 5.16 Å². The van der Waals surface area contributed by atoms with E-state index in [0.717, 1.165) is 25.0 Å². The van der Waals surface area contributed by atoms with Crippen LogP contribution in [-0.4, -0.2) is 14.0 Å². The van der Waals surface area contributed by atoms with Gasteiger partial charge in [-0.05, 0) is 38.9 Å². The topological polar surface area (TPSA) is 45.4 Å². The Morgan fingerprint density at radius 2 is 2.07 bits per heavy atom. The molecule has 4 heteroatoms. The van der Waals surface area contributed by atoms with Crippen molar-refractivity contribution in [2.75, 3.05) is 0 Å². The predicted molar refractivity (Wildman–Crippen MR) is 61.6 cm³/mol. The fraction of sp³-hybridized carbons (Fsp3) is 0.800. The molecule has 0 saturated carbocycles. The summed E-state index contributed by atoms with van der Waals surface area (Å²) >= 11 is 0. The molecule has 0 aromatic heterocycles. The van der Waals surface area contributed by atoms with Crippen LogP contribution < -0.4 is 0 Å². The zero-order chi connectivity index (χ0) is 11.0. The summed E-state index contributed by atoms with van der Waals surface area (Å²) < 4.78 is 5.46. The Hall–Kier alpha value is -0.823. The monoisotopic (exact) mass is 212 g/mol. The summed E-state index contributed by atoms with van der Waals surface area (Å²) in [5.41, 5.74) is 1.07. The first-order valence-electron chi connectivity index (χ1n) is 5.10. The quantitative estimate of drug-likeness (QED) is 0.293. The first-order chi connectivity index (χ1) is 6.49. The fourth-order valence-electron chi connectivity index (χ4n) is 0.860. The third-order valence-corrected chi connectivity index (χ3v) is 2.25. The van der Waals surface area contributed by atoms with Gasteiger partial charge in [0.1, 0.15) is 0 Å². The second kappa shape index (κ2) is 6.60. The van der Waals surface area contributed by atoms with E-state index in [2.05, 4.69) is 37.8 Å². The summed E-state index contributed by atoms with van der Waals surface area (Å²) in [7, 11) is -1.54. The van der Waals surface area contributed by atoms with Gasteiger partial charge in [-0.3, -0.25) is 0 Å². The van der Waals surface area contributed by atoms with Gasteiger partial charge in [0.25, 0.3) is 8.32 Å².